The van der Waals surface area contributed by atoms with Crippen LogP contribution in [0.5, 0.6) is 5.75 Å². The average molecular weight is 362 g/mol. The number of benzene rings is 2. The number of rotatable bonds is 3. The molecule has 0 bridgehead atoms. The monoisotopic (exact) mass is 362 g/mol. The van der Waals surface area contributed by atoms with E-state index in [1.165, 1.54) is 5.56 Å². The third-order valence-corrected chi connectivity index (χ3v) is 4.45. The summed E-state index contributed by atoms with van der Waals surface area (Å²) in [6.45, 7) is 12.8. The fourth-order valence-electron chi connectivity index (χ4n) is 2.99. The highest BCUT2D eigenvalue weighted by molar-refractivity contribution is 6.10. The summed E-state index contributed by atoms with van der Waals surface area (Å²) in [5.41, 5.74) is 10.3. The molecule has 0 aliphatic carbocycles. The molecule has 2 aromatic carbocycles. The Hall–Kier alpha value is -3.01. The average Bonchev–Trinajstić information content (AvgIpc) is 2.58. The van der Waals surface area contributed by atoms with Crippen LogP contribution in [-0.4, -0.2) is 12.5 Å². The number of hydrogen-bond donors (Lipinski definition) is 1. The summed E-state index contributed by atoms with van der Waals surface area (Å²) in [6.07, 6.45) is 1.77. The summed E-state index contributed by atoms with van der Waals surface area (Å²) in [5.74, 6) is 0.668. The topological polar surface area (TPSA) is 55.6 Å². The van der Waals surface area contributed by atoms with Crippen molar-refractivity contribution >= 4 is 23.4 Å². The van der Waals surface area contributed by atoms with E-state index in [2.05, 4.69) is 39.5 Å². The number of fused-ring (bicyclic) bond motifs is 1. The molecule has 1 aliphatic rings. The molecule has 3 rings (SSSR count). The maximum absolute atomic E-state index is 13.0. The predicted octanol–water partition coefficient (Wildman–Crippen LogP) is 4.91. The molecule has 1 heterocycles. The zero-order chi connectivity index (χ0) is 19.8. The van der Waals surface area contributed by atoms with Gasteiger partial charge < -0.3 is 10.5 Å². The van der Waals surface area contributed by atoms with Gasteiger partial charge in [0.2, 0.25) is 0 Å². The zero-order valence-electron chi connectivity index (χ0n) is 16.4. The molecule has 0 saturated heterocycles. The quantitative estimate of drug-likeness (QED) is 0.479. The number of ether oxygens (including phenoxy) is 1. The molecule has 0 unspecified atom stereocenters. The van der Waals surface area contributed by atoms with E-state index >= 15 is 0 Å². The molecule has 4 nitrogen and oxygen atoms in total. The number of hydrogen-bond acceptors (Lipinski definition) is 3. The van der Waals surface area contributed by atoms with Crippen molar-refractivity contribution in [1.29, 1.82) is 0 Å². The number of carbonyl (C=O) groups excluding carboxylic acids is 1. The Labute approximate surface area is 160 Å². The van der Waals surface area contributed by atoms with Crippen LogP contribution in [0, 0.1) is 0 Å². The molecule has 0 atom stereocenters. The summed E-state index contributed by atoms with van der Waals surface area (Å²) < 4.78 is 5.90. The largest absolute Gasteiger partial charge is 0.449 e. The fourth-order valence-corrected chi connectivity index (χ4v) is 2.99. The van der Waals surface area contributed by atoms with E-state index < -0.39 is 0 Å². The Morgan fingerprint density at radius 2 is 1.85 bits per heavy atom. The molecule has 0 aromatic heterocycles. The lowest BCUT2D eigenvalue weighted by atomic mass is 9.87. The van der Waals surface area contributed by atoms with Gasteiger partial charge in [-0.2, -0.15) is 0 Å². The van der Waals surface area contributed by atoms with Crippen molar-refractivity contribution in [3.8, 4) is 5.75 Å². The van der Waals surface area contributed by atoms with Crippen LogP contribution in [0.15, 0.2) is 60.4 Å². The summed E-state index contributed by atoms with van der Waals surface area (Å²) in [7, 11) is 0. The second-order valence-electron chi connectivity index (χ2n) is 8.06. The molecule has 4 heteroatoms. The van der Waals surface area contributed by atoms with E-state index in [4.69, 9.17) is 10.5 Å². The summed E-state index contributed by atoms with van der Waals surface area (Å²) >= 11 is 0. The van der Waals surface area contributed by atoms with Gasteiger partial charge in [0, 0.05) is 18.3 Å². The Morgan fingerprint density at radius 1 is 1.19 bits per heavy atom. The Morgan fingerprint density at radius 3 is 2.44 bits per heavy atom. The number of amides is 1. The lowest BCUT2D eigenvalue weighted by Crippen LogP contribution is -2.38. The van der Waals surface area contributed by atoms with E-state index in [1.807, 2.05) is 19.1 Å². The second kappa shape index (κ2) is 6.95. The van der Waals surface area contributed by atoms with E-state index in [9.17, 15) is 4.79 Å². The van der Waals surface area contributed by atoms with Crippen LogP contribution in [-0.2, 0) is 10.2 Å². The highest BCUT2D eigenvalue weighted by Gasteiger charge is 2.30. The van der Waals surface area contributed by atoms with Crippen molar-refractivity contribution in [3.63, 3.8) is 0 Å². The number of anilines is 2. The smallest absolute Gasteiger partial charge is 0.294 e. The van der Waals surface area contributed by atoms with Crippen molar-refractivity contribution in [2.45, 2.75) is 33.1 Å². The van der Waals surface area contributed by atoms with Gasteiger partial charge in [0.25, 0.3) is 5.91 Å². The SMILES string of the molecule is C=C(C)CN1C(=O)/C(=C\c2ccc(C(C)(C)C)cc2)Oc2cc(N)ccc21. The standard InChI is InChI=1S/C23H26N2O2/c1-15(2)14-25-19-11-10-18(24)13-20(19)27-21(22(25)26)12-16-6-8-17(9-7-16)23(3,4)5/h6-13H,1,14,24H2,2-5H3/b21-12+. The number of nitrogens with zero attached hydrogens (tertiary/aromatic N) is 1. The first-order valence-electron chi connectivity index (χ1n) is 9.01. The molecule has 2 N–H and O–H groups in total. The Kier molecular flexibility index (Phi) is 4.83. The molecular weight excluding hydrogens is 336 g/mol. The van der Waals surface area contributed by atoms with E-state index in [1.54, 1.807) is 29.2 Å². The first-order valence-corrected chi connectivity index (χ1v) is 9.01. The van der Waals surface area contributed by atoms with Gasteiger partial charge >= 0.3 is 0 Å². The zero-order valence-corrected chi connectivity index (χ0v) is 16.4. The van der Waals surface area contributed by atoms with Crippen molar-refractivity contribution in [1.82, 2.24) is 0 Å². The molecule has 0 spiro atoms. The summed E-state index contributed by atoms with van der Waals surface area (Å²) in [4.78, 5) is 14.7. The third kappa shape index (κ3) is 4.05. The van der Waals surface area contributed by atoms with Gasteiger partial charge in [0.05, 0.1) is 5.69 Å². The highest BCUT2D eigenvalue weighted by atomic mass is 16.5. The molecule has 27 heavy (non-hydrogen) atoms. The summed E-state index contributed by atoms with van der Waals surface area (Å²) in [5, 5.41) is 0. The normalized spacial score (nSPS) is 15.5. The van der Waals surface area contributed by atoms with Crippen LogP contribution < -0.4 is 15.4 Å². The van der Waals surface area contributed by atoms with Gasteiger partial charge in [-0.1, -0.05) is 57.2 Å². The predicted molar refractivity (Wildman–Crippen MR) is 112 cm³/mol. The van der Waals surface area contributed by atoms with Crippen LogP contribution in [0.4, 0.5) is 11.4 Å². The van der Waals surface area contributed by atoms with Crippen molar-refractivity contribution in [2.24, 2.45) is 0 Å². The van der Waals surface area contributed by atoms with Gasteiger partial charge in [0.1, 0.15) is 0 Å². The molecule has 0 radical (unpaired) electrons. The van der Waals surface area contributed by atoms with E-state index in [0.29, 0.717) is 23.7 Å². The molecule has 140 valence electrons. The van der Waals surface area contributed by atoms with Crippen LogP contribution >= 0.6 is 0 Å². The molecule has 2 aromatic rings. The van der Waals surface area contributed by atoms with Crippen LogP contribution in [0.2, 0.25) is 0 Å². The minimum Gasteiger partial charge on any atom is -0.449 e. The van der Waals surface area contributed by atoms with Crippen molar-refractivity contribution < 1.29 is 9.53 Å². The molecular formula is C23H26N2O2. The molecule has 0 saturated carbocycles. The van der Waals surface area contributed by atoms with Crippen LogP contribution in [0.1, 0.15) is 38.8 Å². The minimum atomic E-state index is -0.185. The second-order valence-corrected chi connectivity index (χ2v) is 8.06. The third-order valence-electron chi connectivity index (χ3n) is 4.45. The van der Waals surface area contributed by atoms with Crippen LogP contribution in [0.3, 0.4) is 0 Å². The molecule has 0 fully saturated rings. The highest BCUT2D eigenvalue weighted by Crippen LogP contribution is 2.37. The lowest BCUT2D eigenvalue weighted by molar-refractivity contribution is -0.117. The minimum absolute atomic E-state index is 0.0809. The summed E-state index contributed by atoms with van der Waals surface area (Å²) in [6, 6.07) is 13.5. The number of carbonyl (C=O) groups is 1. The van der Waals surface area contributed by atoms with Gasteiger partial charge in [0.15, 0.2) is 11.5 Å². The maximum Gasteiger partial charge on any atom is 0.294 e. The first kappa shape index (κ1) is 18.8. The van der Waals surface area contributed by atoms with Crippen molar-refractivity contribution in [3.05, 3.63) is 71.5 Å². The van der Waals surface area contributed by atoms with Crippen molar-refractivity contribution in [2.75, 3.05) is 17.2 Å². The fraction of sp³-hybridized carbons (Fsp3) is 0.261. The molecule has 1 amide bonds. The van der Waals surface area contributed by atoms with E-state index in [-0.39, 0.29) is 17.1 Å². The van der Waals surface area contributed by atoms with Gasteiger partial charge in [-0.25, -0.2) is 0 Å². The van der Waals surface area contributed by atoms with Gasteiger partial charge in [-0.15, -0.1) is 0 Å². The molecule has 1 aliphatic heterocycles. The number of nitrogens with two attached hydrogens (primary N) is 1. The van der Waals surface area contributed by atoms with E-state index in [0.717, 1.165) is 11.1 Å². The maximum atomic E-state index is 13.0. The Balaban J connectivity index is 1.99. The van der Waals surface area contributed by atoms with Gasteiger partial charge in [-0.05, 0) is 41.7 Å². The van der Waals surface area contributed by atoms with Gasteiger partial charge in [-0.3, -0.25) is 9.69 Å². The number of nitrogen functional groups attached to an aromatic ring is 1. The Bertz CT molecular complexity index is 918. The van der Waals surface area contributed by atoms with Crippen LogP contribution in [0.25, 0.3) is 6.08 Å². The lowest BCUT2D eigenvalue weighted by Gasteiger charge is -2.31. The first-order chi connectivity index (χ1) is 12.6.